The van der Waals surface area contributed by atoms with Crippen LogP contribution >= 0.6 is 0 Å². The Balaban J connectivity index is 1.40. The Morgan fingerprint density at radius 3 is 2.20 bits per heavy atom. The minimum absolute atomic E-state index is 0.0820. The molecular formula is C27H33N5O3. The SMILES string of the molecule is COc1cc(CC(=O)N(C)c2cc(Cc3ccc(N4CCN(C)CC4)cc3)ncn2)cc(OC)c1. The molecule has 3 aromatic rings. The van der Waals surface area contributed by atoms with E-state index in [9.17, 15) is 4.79 Å². The minimum atomic E-state index is -0.0820. The molecule has 0 radical (unpaired) electrons. The number of likely N-dealkylation sites (N-methyl/N-ethyl adjacent to an activating group) is 2. The molecule has 0 unspecified atom stereocenters. The number of aromatic nitrogens is 2. The zero-order chi connectivity index (χ0) is 24.8. The monoisotopic (exact) mass is 475 g/mol. The number of carbonyl (C=O) groups is 1. The summed E-state index contributed by atoms with van der Waals surface area (Å²) in [7, 11) is 7.08. The Bertz CT molecular complexity index is 1120. The van der Waals surface area contributed by atoms with Crippen molar-refractivity contribution in [3.63, 3.8) is 0 Å². The molecule has 0 saturated carbocycles. The highest BCUT2D eigenvalue weighted by Crippen LogP contribution is 2.24. The van der Waals surface area contributed by atoms with E-state index in [0.29, 0.717) is 23.7 Å². The van der Waals surface area contributed by atoms with Crippen molar-refractivity contribution in [1.82, 2.24) is 14.9 Å². The van der Waals surface area contributed by atoms with Gasteiger partial charge in [0, 0.05) is 57.5 Å². The molecule has 1 aliphatic heterocycles. The molecule has 0 N–H and O–H groups in total. The van der Waals surface area contributed by atoms with Crippen molar-refractivity contribution in [2.24, 2.45) is 0 Å². The Hall–Kier alpha value is -3.65. The third kappa shape index (κ3) is 6.27. The first-order valence-corrected chi connectivity index (χ1v) is 11.8. The van der Waals surface area contributed by atoms with Gasteiger partial charge in [0.15, 0.2) is 0 Å². The molecule has 2 aromatic carbocycles. The summed E-state index contributed by atoms with van der Waals surface area (Å²) in [6, 6.07) is 16.0. The number of hydrogen-bond acceptors (Lipinski definition) is 7. The van der Waals surface area contributed by atoms with Crippen LogP contribution in [0.2, 0.25) is 0 Å². The third-order valence-electron chi connectivity index (χ3n) is 6.38. The van der Waals surface area contributed by atoms with E-state index in [1.54, 1.807) is 32.2 Å². The summed E-state index contributed by atoms with van der Waals surface area (Å²) >= 11 is 0. The fourth-order valence-corrected chi connectivity index (χ4v) is 4.15. The third-order valence-corrected chi connectivity index (χ3v) is 6.38. The molecule has 35 heavy (non-hydrogen) atoms. The second-order valence-corrected chi connectivity index (χ2v) is 8.85. The van der Waals surface area contributed by atoms with Crippen LogP contribution in [0, 0.1) is 0 Å². The van der Waals surface area contributed by atoms with Gasteiger partial charge >= 0.3 is 0 Å². The Morgan fingerprint density at radius 1 is 0.914 bits per heavy atom. The van der Waals surface area contributed by atoms with Crippen molar-refractivity contribution in [3.05, 3.63) is 71.7 Å². The lowest BCUT2D eigenvalue weighted by Gasteiger charge is -2.34. The lowest BCUT2D eigenvalue weighted by molar-refractivity contribution is -0.117. The summed E-state index contributed by atoms with van der Waals surface area (Å²) < 4.78 is 10.6. The van der Waals surface area contributed by atoms with Crippen LogP contribution in [-0.4, -0.2) is 75.3 Å². The van der Waals surface area contributed by atoms with Gasteiger partial charge in [-0.1, -0.05) is 12.1 Å². The Labute approximate surface area is 207 Å². The largest absolute Gasteiger partial charge is 0.497 e. The standard InChI is InChI=1S/C27H33N5O3/c1-30-9-11-32(12-10-30)23-7-5-20(6-8-23)13-22-17-26(29-19-28-22)31(2)27(33)16-21-14-24(34-3)18-25(15-21)35-4/h5-8,14-15,17-19H,9-13,16H2,1-4H3. The molecule has 184 valence electrons. The van der Waals surface area contributed by atoms with E-state index in [2.05, 4.69) is 51.1 Å². The van der Waals surface area contributed by atoms with Gasteiger partial charge in [-0.15, -0.1) is 0 Å². The van der Waals surface area contributed by atoms with Gasteiger partial charge in [0.25, 0.3) is 0 Å². The fourth-order valence-electron chi connectivity index (χ4n) is 4.15. The average Bonchev–Trinajstić information content (AvgIpc) is 2.89. The number of carbonyl (C=O) groups excluding carboxylic acids is 1. The molecule has 1 amide bonds. The highest BCUT2D eigenvalue weighted by Gasteiger charge is 2.16. The van der Waals surface area contributed by atoms with E-state index in [0.717, 1.165) is 37.4 Å². The molecule has 1 aromatic heterocycles. The number of ether oxygens (including phenoxy) is 2. The van der Waals surface area contributed by atoms with Crippen LogP contribution in [0.4, 0.5) is 11.5 Å². The Kier molecular flexibility index (Phi) is 7.82. The molecule has 0 atom stereocenters. The van der Waals surface area contributed by atoms with Crippen molar-refractivity contribution in [2.75, 3.05) is 64.3 Å². The highest BCUT2D eigenvalue weighted by atomic mass is 16.5. The summed E-state index contributed by atoms with van der Waals surface area (Å²) in [4.78, 5) is 28.1. The molecule has 2 heterocycles. The Morgan fingerprint density at radius 2 is 1.57 bits per heavy atom. The lowest BCUT2D eigenvalue weighted by atomic mass is 10.1. The van der Waals surface area contributed by atoms with E-state index in [4.69, 9.17) is 9.47 Å². The molecule has 1 fully saturated rings. The van der Waals surface area contributed by atoms with Gasteiger partial charge in [-0.3, -0.25) is 9.69 Å². The van der Waals surface area contributed by atoms with Crippen LogP contribution < -0.4 is 19.3 Å². The first kappa shape index (κ1) is 24.5. The molecule has 8 nitrogen and oxygen atoms in total. The van der Waals surface area contributed by atoms with Crippen molar-refractivity contribution in [2.45, 2.75) is 12.8 Å². The predicted octanol–water partition coefficient (Wildman–Crippen LogP) is 3.04. The van der Waals surface area contributed by atoms with Crippen molar-refractivity contribution in [1.29, 1.82) is 0 Å². The van der Waals surface area contributed by atoms with Crippen LogP contribution in [0.3, 0.4) is 0 Å². The van der Waals surface area contributed by atoms with Crippen LogP contribution in [0.25, 0.3) is 0 Å². The molecule has 8 heteroatoms. The fraction of sp³-hybridized carbons (Fsp3) is 0.370. The molecule has 0 spiro atoms. The predicted molar refractivity (Wildman–Crippen MR) is 138 cm³/mol. The summed E-state index contributed by atoms with van der Waals surface area (Å²) in [6.45, 7) is 4.27. The molecule has 0 bridgehead atoms. The zero-order valence-electron chi connectivity index (χ0n) is 20.9. The summed E-state index contributed by atoms with van der Waals surface area (Å²) in [5, 5.41) is 0. The normalized spacial score (nSPS) is 14.0. The average molecular weight is 476 g/mol. The number of benzene rings is 2. The minimum Gasteiger partial charge on any atom is -0.497 e. The van der Waals surface area contributed by atoms with Gasteiger partial charge in [0.1, 0.15) is 23.6 Å². The maximum absolute atomic E-state index is 13.0. The van der Waals surface area contributed by atoms with Gasteiger partial charge in [0.05, 0.1) is 26.3 Å². The van der Waals surface area contributed by atoms with Crippen LogP contribution in [0.15, 0.2) is 54.9 Å². The quantitative estimate of drug-likeness (QED) is 0.496. The van der Waals surface area contributed by atoms with Crippen LogP contribution in [0.5, 0.6) is 11.5 Å². The van der Waals surface area contributed by atoms with Crippen molar-refractivity contribution >= 4 is 17.4 Å². The number of piperazine rings is 1. The van der Waals surface area contributed by atoms with Crippen LogP contribution in [0.1, 0.15) is 16.8 Å². The molecule has 1 aliphatic rings. The summed E-state index contributed by atoms with van der Waals surface area (Å²) in [5.74, 6) is 1.79. The number of nitrogens with zero attached hydrogens (tertiary/aromatic N) is 5. The number of amides is 1. The van der Waals surface area contributed by atoms with Gasteiger partial charge in [-0.05, 0) is 42.4 Å². The maximum atomic E-state index is 13.0. The number of hydrogen-bond donors (Lipinski definition) is 0. The van der Waals surface area contributed by atoms with E-state index in [1.165, 1.54) is 17.6 Å². The summed E-state index contributed by atoms with van der Waals surface area (Å²) in [5.41, 5.74) is 4.10. The summed E-state index contributed by atoms with van der Waals surface area (Å²) in [6.07, 6.45) is 2.40. The van der Waals surface area contributed by atoms with E-state index < -0.39 is 0 Å². The second kappa shape index (κ2) is 11.2. The maximum Gasteiger partial charge on any atom is 0.232 e. The number of anilines is 2. The number of methoxy groups -OCH3 is 2. The number of rotatable bonds is 8. The topological polar surface area (TPSA) is 71.0 Å². The van der Waals surface area contributed by atoms with Crippen molar-refractivity contribution in [3.8, 4) is 11.5 Å². The molecular weight excluding hydrogens is 442 g/mol. The zero-order valence-corrected chi connectivity index (χ0v) is 20.9. The van der Waals surface area contributed by atoms with Gasteiger partial charge in [-0.25, -0.2) is 9.97 Å². The van der Waals surface area contributed by atoms with E-state index in [1.807, 2.05) is 18.2 Å². The van der Waals surface area contributed by atoms with E-state index >= 15 is 0 Å². The first-order chi connectivity index (χ1) is 16.9. The molecule has 1 saturated heterocycles. The van der Waals surface area contributed by atoms with Crippen molar-refractivity contribution < 1.29 is 14.3 Å². The van der Waals surface area contributed by atoms with Gasteiger partial charge < -0.3 is 19.3 Å². The lowest BCUT2D eigenvalue weighted by Crippen LogP contribution is -2.44. The second-order valence-electron chi connectivity index (χ2n) is 8.85. The molecule has 0 aliphatic carbocycles. The molecule has 4 rings (SSSR count). The van der Waals surface area contributed by atoms with Gasteiger partial charge in [-0.2, -0.15) is 0 Å². The highest BCUT2D eigenvalue weighted by molar-refractivity contribution is 5.93. The smallest absolute Gasteiger partial charge is 0.232 e. The first-order valence-electron chi connectivity index (χ1n) is 11.8. The van der Waals surface area contributed by atoms with Gasteiger partial charge in [0.2, 0.25) is 5.91 Å². The van der Waals surface area contributed by atoms with Crippen LogP contribution in [-0.2, 0) is 17.6 Å². The van der Waals surface area contributed by atoms with E-state index in [-0.39, 0.29) is 12.3 Å².